The third-order valence-corrected chi connectivity index (χ3v) is 5.60. The highest BCUT2D eigenvalue weighted by Crippen LogP contribution is 2.38. The molecule has 6 heteroatoms. The number of hydrogen-bond donors (Lipinski definition) is 3. The average molecular weight is 357 g/mol. The normalized spacial score (nSPS) is 26.5. The van der Waals surface area contributed by atoms with Crippen LogP contribution in [0.3, 0.4) is 0 Å². The van der Waals surface area contributed by atoms with E-state index in [1.165, 1.54) is 0 Å². The SMILES string of the molecule is CC(CCCCCCCCCC=O)(C(=O)O)N1C[C@H](O)C[C@@]1(C)CO. The van der Waals surface area contributed by atoms with Gasteiger partial charge in [-0.1, -0.05) is 38.5 Å². The van der Waals surface area contributed by atoms with Crippen molar-refractivity contribution in [2.45, 2.75) is 95.2 Å². The van der Waals surface area contributed by atoms with Gasteiger partial charge in [0.05, 0.1) is 12.7 Å². The Bertz CT molecular complexity index is 430. The van der Waals surface area contributed by atoms with Crippen LogP contribution in [0.15, 0.2) is 0 Å². The van der Waals surface area contributed by atoms with E-state index in [2.05, 4.69) is 0 Å². The Kier molecular flexibility index (Phi) is 9.03. The summed E-state index contributed by atoms with van der Waals surface area (Å²) in [7, 11) is 0. The van der Waals surface area contributed by atoms with Crippen molar-refractivity contribution in [1.29, 1.82) is 0 Å². The summed E-state index contributed by atoms with van der Waals surface area (Å²) >= 11 is 0. The van der Waals surface area contributed by atoms with E-state index in [0.717, 1.165) is 51.2 Å². The number of aliphatic carboxylic acids is 1. The molecule has 0 aromatic heterocycles. The first-order valence-electron chi connectivity index (χ1n) is 9.54. The number of carbonyl (C=O) groups excluding carboxylic acids is 1. The maximum Gasteiger partial charge on any atom is 0.323 e. The number of nitrogens with zero attached hydrogens (tertiary/aromatic N) is 1. The van der Waals surface area contributed by atoms with Crippen LogP contribution in [0, 0.1) is 0 Å². The number of carboxylic acids is 1. The predicted molar refractivity (Wildman–Crippen MR) is 96.5 cm³/mol. The second kappa shape index (κ2) is 10.2. The van der Waals surface area contributed by atoms with Gasteiger partial charge < -0.3 is 20.1 Å². The Morgan fingerprint density at radius 3 is 2.28 bits per heavy atom. The molecule has 1 heterocycles. The van der Waals surface area contributed by atoms with Gasteiger partial charge in [0.15, 0.2) is 0 Å². The standard InChI is InChI=1S/C19H35NO5/c1-18(15-22)13-16(23)14-20(18)19(2,17(24)25)11-9-7-5-3-4-6-8-10-12-21/h12,16,22-23H,3-11,13-15H2,1-2H3,(H,24,25)/t16-,18+,19?/m1/s1. The molecule has 1 saturated heterocycles. The van der Waals surface area contributed by atoms with Gasteiger partial charge in [-0.2, -0.15) is 0 Å². The van der Waals surface area contributed by atoms with Crippen LogP contribution in [0.1, 0.15) is 78.1 Å². The summed E-state index contributed by atoms with van der Waals surface area (Å²) in [4.78, 5) is 24.0. The number of aliphatic hydroxyl groups excluding tert-OH is 2. The minimum absolute atomic E-state index is 0.159. The number of carboxylic acid groups (broad SMARTS) is 1. The van der Waals surface area contributed by atoms with Crippen molar-refractivity contribution < 1.29 is 24.9 Å². The number of likely N-dealkylation sites (tertiary alicyclic amines) is 1. The molecule has 25 heavy (non-hydrogen) atoms. The molecule has 0 saturated carbocycles. The van der Waals surface area contributed by atoms with E-state index in [1.54, 1.807) is 11.8 Å². The molecular weight excluding hydrogens is 322 g/mol. The van der Waals surface area contributed by atoms with Crippen molar-refractivity contribution in [3.63, 3.8) is 0 Å². The topological polar surface area (TPSA) is 98.1 Å². The molecule has 3 N–H and O–H groups in total. The van der Waals surface area contributed by atoms with Gasteiger partial charge in [-0.15, -0.1) is 0 Å². The fraction of sp³-hybridized carbons (Fsp3) is 0.895. The molecule has 6 nitrogen and oxygen atoms in total. The van der Waals surface area contributed by atoms with Crippen LogP contribution in [-0.4, -0.2) is 62.8 Å². The number of unbranched alkanes of at least 4 members (excludes halogenated alkanes) is 7. The van der Waals surface area contributed by atoms with Gasteiger partial charge in [0, 0.05) is 18.5 Å². The molecule has 0 aromatic rings. The van der Waals surface area contributed by atoms with Crippen molar-refractivity contribution >= 4 is 12.3 Å². The van der Waals surface area contributed by atoms with Crippen molar-refractivity contribution in [3.05, 3.63) is 0 Å². The van der Waals surface area contributed by atoms with Crippen LogP contribution in [0.4, 0.5) is 0 Å². The fourth-order valence-corrected chi connectivity index (χ4v) is 4.00. The summed E-state index contributed by atoms with van der Waals surface area (Å²) in [5.74, 6) is -0.893. The Balaban J connectivity index is 2.46. The van der Waals surface area contributed by atoms with Gasteiger partial charge in [-0.25, -0.2) is 0 Å². The van der Waals surface area contributed by atoms with E-state index in [4.69, 9.17) is 0 Å². The summed E-state index contributed by atoms with van der Waals surface area (Å²) < 4.78 is 0. The minimum atomic E-state index is -1.07. The Morgan fingerprint density at radius 1 is 1.20 bits per heavy atom. The second-order valence-electron chi connectivity index (χ2n) is 7.88. The molecule has 0 amide bonds. The monoisotopic (exact) mass is 357 g/mol. The molecule has 0 bridgehead atoms. The lowest BCUT2D eigenvalue weighted by molar-refractivity contribution is -0.155. The van der Waals surface area contributed by atoms with Gasteiger partial charge in [-0.05, 0) is 33.1 Å². The summed E-state index contributed by atoms with van der Waals surface area (Å²) in [5.41, 5.74) is -1.76. The zero-order valence-corrected chi connectivity index (χ0v) is 15.7. The summed E-state index contributed by atoms with van der Waals surface area (Å²) in [6, 6.07) is 0. The summed E-state index contributed by atoms with van der Waals surface area (Å²) in [6.45, 7) is 3.66. The number of β-amino-alcohol motifs (C(OH)–C–C–N with tert-alkyl or cyclic N) is 1. The van der Waals surface area contributed by atoms with E-state index < -0.39 is 23.2 Å². The molecule has 1 fully saturated rings. The average Bonchev–Trinajstić information content (AvgIpc) is 2.88. The van der Waals surface area contributed by atoms with Crippen molar-refractivity contribution in [1.82, 2.24) is 4.90 Å². The van der Waals surface area contributed by atoms with Gasteiger partial charge in [-0.3, -0.25) is 9.69 Å². The Morgan fingerprint density at radius 2 is 1.76 bits per heavy atom. The molecule has 1 aliphatic heterocycles. The van der Waals surface area contributed by atoms with E-state index in [9.17, 15) is 24.9 Å². The molecule has 146 valence electrons. The summed E-state index contributed by atoms with van der Waals surface area (Å²) in [5, 5.41) is 29.5. The van der Waals surface area contributed by atoms with Crippen LogP contribution in [0.2, 0.25) is 0 Å². The molecule has 3 atom stereocenters. The number of hydrogen-bond acceptors (Lipinski definition) is 5. The molecule has 0 spiro atoms. The highest BCUT2D eigenvalue weighted by Gasteiger charge is 2.52. The van der Waals surface area contributed by atoms with Crippen LogP contribution in [-0.2, 0) is 9.59 Å². The van der Waals surface area contributed by atoms with Crippen LogP contribution in [0.25, 0.3) is 0 Å². The fourth-order valence-electron chi connectivity index (χ4n) is 4.00. The second-order valence-corrected chi connectivity index (χ2v) is 7.88. The lowest BCUT2D eigenvalue weighted by Gasteiger charge is -2.44. The number of aldehydes is 1. The quantitative estimate of drug-likeness (QED) is 0.346. The van der Waals surface area contributed by atoms with Gasteiger partial charge >= 0.3 is 5.97 Å². The molecule has 1 aliphatic rings. The van der Waals surface area contributed by atoms with Crippen LogP contribution >= 0.6 is 0 Å². The molecule has 0 aromatic carbocycles. The Labute approximate surface area is 151 Å². The zero-order valence-electron chi connectivity index (χ0n) is 15.7. The first-order valence-corrected chi connectivity index (χ1v) is 9.54. The number of rotatable bonds is 13. The molecule has 1 unspecified atom stereocenters. The highest BCUT2D eigenvalue weighted by molar-refractivity contribution is 5.78. The first-order chi connectivity index (χ1) is 11.8. The van der Waals surface area contributed by atoms with Crippen molar-refractivity contribution in [2.75, 3.05) is 13.2 Å². The maximum atomic E-state index is 12.0. The van der Waals surface area contributed by atoms with Gasteiger partial charge in [0.1, 0.15) is 11.8 Å². The highest BCUT2D eigenvalue weighted by atomic mass is 16.4. The van der Waals surface area contributed by atoms with E-state index >= 15 is 0 Å². The third kappa shape index (κ3) is 6.04. The zero-order chi connectivity index (χ0) is 18.9. The maximum absolute atomic E-state index is 12.0. The largest absolute Gasteiger partial charge is 0.480 e. The lowest BCUT2D eigenvalue weighted by atomic mass is 9.87. The number of aliphatic hydroxyl groups is 2. The predicted octanol–water partition coefficient (Wildman–Crippen LogP) is 2.36. The van der Waals surface area contributed by atoms with E-state index in [-0.39, 0.29) is 13.2 Å². The van der Waals surface area contributed by atoms with E-state index in [1.807, 2.05) is 6.92 Å². The van der Waals surface area contributed by atoms with Gasteiger partial charge in [0.25, 0.3) is 0 Å². The Hall–Kier alpha value is -0.980. The lowest BCUT2D eigenvalue weighted by Crippen LogP contribution is -2.60. The third-order valence-electron chi connectivity index (χ3n) is 5.60. The summed E-state index contributed by atoms with van der Waals surface area (Å²) in [6.07, 6.45) is 9.02. The molecule has 0 radical (unpaired) electrons. The number of carbonyl (C=O) groups is 2. The molecule has 1 rings (SSSR count). The van der Waals surface area contributed by atoms with E-state index in [0.29, 0.717) is 19.3 Å². The van der Waals surface area contributed by atoms with Crippen molar-refractivity contribution in [3.8, 4) is 0 Å². The van der Waals surface area contributed by atoms with Crippen LogP contribution in [0.5, 0.6) is 0 Å². The minimum Gasteiger partial charge on any atom is -0.480 e. The van der Waals surface area contributed by atoms with Crippen LogP contribution < -0.4 is 0 Å². The van der Waals surface area contributed by atoms with Crippen molar-refractivity contribution in [2.24, 2.45) is 0 Å². The molecule has 0 aliphatic carbocycles. The molecular formula is C19H35NO5. The smallest absolute Gasteiger partial charge is 0.323 e. The van der Waals surface area contributed by atoms with Gasteiger partial charge in [0.2, 0.25) is 0 Å². The first kappa shape index (κ1) is 22.1.